The van der Waals surface area contributed by atoms with Gasteiger partial charge in [-0.3, -0.25) is 18.3 Å². The van der Waals surface area contributed by atoms with Crippen molar-refractivity contribution in [3.8, 4) is 0 Å². The van der Waals surface area contributed by atoms with Crippen molar-refractivity contribution in [1.82, 2.24) is 28.0 Å². The summed E-state index contributed by atoms with van der Waals surface area (Å²) in [5, 5.41) is 0. The maximum Gasteiger partial charge on any atom is 0.332 e. The molecule has 0 spiro atoms. The first kappa shape index (κ1) is 19.7. The number of aryl methyl sites for hydroxylation is 2. The lowest BCUT2D eigenvalue weighted by Crippen LogP contribution is -2.39. The van der Waals surface area contributed by atoms with Crippen LogP contribution in [0.1, 0.15) is 11.3 Å². The zero-order valence-corrected chi connectivity index (χ0v) is 18.5. The van der Waals surface area contributed by atoms with E-state index in [2.05, 4.69) is 30.4 Å². The fourth-order valence-electron chi connectivity index (χ4n) is 3.54. The molecule has 9 heteroatoms. The normalized spacial score (nSPS) is 11.9. The molecule has 152 valence electrons. The van der Waals surface area contributed by atoms with Crippen molar-refractivity contribution in [3.05, 3.63) is 67.0 Å². The Hall–Kier alpha value is -2.65. The molecule has 0 saturated carbocycles. The summed E-state index contributed by atoms with van der Waals surface area (Å²) in [4.78, 5) is 32.9. The van der Waals surface area contributed by atoms with Crippen LogP contribution >= 0.6 is 15.9 Å². The number of halogens is 1. The minimum absolute atomic E-state index is 0.211. The Bertz CT molecular complexity index is 1320. The number of likely N-dealkylation sites (N-methyl/N-ethyl adjacent to an activating group) is 1. The Kier molecular flexibility index (Phi) is 4.95. The van der Waals surface area contributed by atoms with Crippen molar-refractivity contribution in [2.75, 3.05) is 20.6 Å². The van der Waals surface area contributed by atoms with E-state index < -0.39 is 0 Å². The number of aromatic nitrogens is 5. The summed E-state index contributed by atoms with van der Waals surface area (Å²) in [5.41, 5.74) is 2.02. The van der Waals surface area contributed by atoms with E-state index in [-0.39, 0.29) is 17.8 Å². The molecule has 0 saturated heterocycles. The number of hydrogen-bond donors (Lipinski definition) is 0. The SMILES string of the molecule is Cc1cn2c3c(=O)n(Cc4ccc(Br)cc4)c(=O)n(C)c3nc2n1CCN(C)C. The van der Waals surface area contributed by atoms with E-state index in [1.54, 1.807) is 11.4 Å². The number of nitrogens with zero attached hydrogens (tertiary/aromatic N) is 6. The minimum Gasteiger partial charge on any atom is -0.313 e. The molecule has 1 aromatic carbocycles. The maximum atomic E-state index is 13.3. The van der Waals surface area contributed by atoms with Gasteiger partial charge in [-0.2, -0.15) is 4.98 Å². The molecule has 0 atom stereocenters. The summed E-state index contributed by atoms with van der Waals surface area (Å²) < 4.78 is 7.55. The van der Waals surface area contributed by atoms with Crippen LogP contribution in [0, 0.1) is 6.92 Å². The molecule has 0 aliphatic heterocycles. The van der Waals surface area contributed by atoms with Gasteiger partial charge >= 0.3 is 5.69 Å². The largest absolute Gasteiger partial charge is 0.332 e. The monoisotopic (exact) mass is 458 g/mol. The van der Waals surface area contributed by atoms with Crippen molar-refractivity contribution < 1.29 is 0 Å². The van der Waals surface area contributed by atoms with Gasteiger partial charge in [0.05, 0.1) is 6.54 Å². The van der Waals surface area contributed by atoms with E-state index in [1.165, 1.54) is 9.13 Å². The van der Waals surface area contributed by atoms with Gasteiger partial charge in [-0.1, -0.05) is 28.1 Å². The lowest BCUT2D eigenvalue weighted by molar-refractivity contribution is 0.384. The summed E-state index contributed by atoms with van der Waals surface area (Å²) in [7, 11) is 5.69. The van der Waals surface area contributed by atoms with E-state index in [9.17, 15) is 9.59 Å². The smallest absolute Gasteiger partial charge is 0.313 e. The number of rotatable bonds is 5. The highest BCUT2D eigenvalue weighted by Crippen LogP contribution is 2.16. The molecule has 0 unspecified atom stereocenters. The van der Waals surface area contributed by atoms with Crippen LogP contribution < -0.4 is 11.2 Å². The van der Waals surface area contributed by atoms with Crippen LogP contribution in [0.15, 0.2) is 44.5 Å². The van der Waals surface area contributed by atoms with Gasteiger partial charge in [-0.15, -0.1) is 0 Å². The summed E-state index contributed by atoms with van der Waals surface area (Å²) in [6.07, 6.45) is 1.91. The van der Waals surface area contributed by atoms with Gasteiger partial charge in [-0.25, -0.2) is 4.79 Å². The fraction of sp³-hybridized carbons (Fsp3) is 0.350. The van der Waals surface area contributed by atoms with E-state index in [0.29, 0.717) is 16.9 Å². The van der Waals surface area contributed by atoms with E-state index >= 15 is 0 Å². The van der Waals surface area contributed by atoms with E-state index in [1.807, 2.05) is 51.5 Å². The molecular formula is C20H23BrN6O2. The highest BCUT2D eigenvalue weighted by molar-refractivity contribution is 9.10. The van der Waals surface area contributed by atoms with E-state index in [4.69, 9.17) is 0 Å². The number of hydrogen-bond acceptors (Lipinski definition) is 4. The van der Waals surface area contributed by atoms with Gasteiger partial charge in [0.25, 0.3) is 5.56 Å². The summed E-state index contributed by atoms with van der Waals surface area (Å²) in [6, 6.07) is 7.59. The van der Waals surface area contributed by atoms with Crippen LogP contribution in [0.5, 0.6) is 0 Å². The van der Waals surface area contributed by atoms with Crippen LogP contribution in [-0.2, 0) is 20.1 Å². The first-order chi connectivity index (χ1) is 13.8. The molecule has 0 aliphatic rings. The van der Waals surface area contributed by atoms with Gasteiger partial charge in [0.1, 0.15) is 0 Å². The van der Waals surface area contributed by atoms with Gasteiger partial charge in [-0.05, 0) is 38.7 Å². The standard InChI is InChI=1S/C20H23BrN6O2/c1-13-11-26-16-17(22-19(26)25(13)10-9-23(2)3)24(4)20(29)27(18(16)28)12-14-5-7-15(21)8-6-14/h5-8,11H,9-10,12H2,1-4H3. The molecule has 0 fully saturated rings. The van der Waals surface area contributed by atoms with Crippen molar-refractivity contribution in [2.45, 2.75) is 20.0 Å². The zero-order valence-electron chi connectivity index (χ0n) is 16.9. The molecule has 0 bridgehead atoms. The van der Waals surface area contributed by atoms with Gasteiger partial charge in [0.15, 0.2) is 11.2 Å². The zero-order chi connectivity index (χ0) is 20.9. The number of fused-ring (bicyclic) bond motifs is 3. The predicted octanol–water partition coefficient (Wildman–Crippen LogP) is 1.83. The lowest BCUT2D eigenvalue weighted by atomic mass is 10.2. The third-order valence-electron chi connectivity index (χ3n) is 5.17. The predicted molar refractivity (Wildman–Crippen MR) is 117 cm³/mol. The van der Waals surface area contributed by atoms with Gasteiger partial charge in [0.2, 0.25) is 5.78 Å². The second kappa shape index (κ2) is 7.31. The Labute approximate surface area is 175 Å². The fourth-order valence-corrected chi connectivity index (χ4v) is 3.81. The minimum atomic E-state index is -0.372. The molecule has 8 nitrogen and oxygen atoms in total. The van der Waals surface area contributed by atoms with Crippen LogP contribution in [-0.4, -0.2) is 48.6 Å². The topological polar surface area (TPSA) is 69.5 Å². The molecule has 29 heavy (non-hydrogen) atoms. The quantitative estimate of drug-likeness (QED) is 0.457. The number of benzene rings is 1. The first-order valence-corrected chi connectivity index (χ1v) is 10.1. The Balaban J connectivity index is 1.92. The van der Waals surface area contributed by atoms with Crippen molar-refractivity contribution in [3.63, 3.8) is 0 Å². The molecule has 4 rings (SSSR count). The molecule has 0 N–H and O–H groups in total. The highest BCUT2D eigenvalue weighted by Gasteiger charge is 2.20. The lowest BCUT2D eigenvalue weighted by Gasteiger charge is -2.11. The molecule has 3 heterocycles. The van der Waals surface area contributed by atoms with Crippen molar-refractivity contribution in [1.29, 1.82) is 0 Å². The Morgan fingerprint density at radius 1 is 1.10 bits per heavy atom. The molecular weight excluding hydrogens is 436 g/mol. The van der Waals surface area contributed by atoms with Crippen LogP contribution in [0.2, 0.25) is 0 Å². The molecule has 3 aromatic heterocycles. The molecule has 0 amide bonds. The highest BCUT2D eigenvalue weighted by atomic mass is 79.9. The summed E-state index contributed by atoms with van der Waals surface area (Å²) in [5.74, 6) is 0.674. The Morgan fingerprint density at radius 2 is 1.79 bits per heavy atom. The van der Waals surface area contributed by atoms with Gasteiger partial charge in [0, 0.05) is 36.5 Å². The molecule has 4 aromatic rings. The Morgan fingerprint density at radius 3 is 2.45 bits per heavy atom. The third kappa shape index (κ3) is 3.34. The average molecular weight is 459 g/mol. The molecule has 0 aliphatic carbocycles. The average Bonchev–Trinajstić information content (AvgIpc) is 3.18. The van der Waals surface area contributed by atoms with Crippen molar-refractivity contribution in [2.24, 2.45) is 7.05 Å². The summed E-state index contributed by atoms with van der Waals surface area (Å²) >= 11 is 3.41. The van der Waals surface area contributed by atoms with Gasteiger partial charge < -0.3 is 9.47 Å². The third-order valence-corrected chi connectivity index (χ3v) is 5.69. The number of imidazole rings is 2. The summed E-state index contributed by atoms with van der Waals surface area (Å²) in [6.45, 7) is 3.81. The van der Waals surface area contributed by atoms with Crippen LogP contribution in [0.4, 0.5) is 0 Å². The van der Waals surface area contributed by atoms with Crippen molar-refractivity contribution >= 4 is 32.9 Å². The maximum absolute atomic E-state index is 13.3. The van der Waals surface area contributed by atoms with Crippen LogP contribution in [0.3, 0.4) is 0 Å². The molecule has 0 radical (unpaired) electrons. The second-order valence-electron chi connectivity index (χ2n) is 7.54. The van der Waals surface area contributed by atoms with Crippen LogP contribution in [0.25, 0.3) is 16.9 Å². The first-order valence-electron chi connectivity index (χ1n) is 9.35. The second-order valence-corrected chi connectivity index (χ2v) is 8.45. The van der Waals surface area contributed by atoms with E-state index in [0.717, 1.165) is 28.8 Å².